The lowest BCUT2D eigenvalue weighted by atomic mass is 10.2. The SMILES string of the molecule is CCN(Cc1ccoc1CNC)CC1CCCO1. The molecule has 1 aliphatic heterocycles. The summed E-state index contributed by atoms with van der Waals surface area (Å²) < 4.78 is 11.2. The van der Waals surface area contributed by atoms with Crippen LogP contribution in [0.25, 0.3) is 0 Å². The molecule has 0 radical (unpaired) electrons. The van der Waals surface area contributed by atoms with Gasteiger partial charge in [-0.1, -0.05) is 6.92 Å². The van der Waals surface area contributed by atoms with E-state index in [9.17, 15) is 0 Å². The molecule has 1 aromatic rings. The van der Waals surface area contributed by atoms with Crippen LogP contribution in [0, 0.1) is 0 Å². The second-order valence-corrected chi connectivity index (χ2v) is 4.86. The van der Waals surface area contributed by atoms with Crippen molar-refractivity contribution in [2.75, 3.05) is 26.7 Å². The molecule has 0 amide bonds. The van der Waals surface area contributed by atoms with Gasteiger partial charge in [-0.05, 0) is 32.5 Å². The number of ether oxygens (including phenoxy) is 1. The van der Waals surface area contributed by atoms with Crippen molar-refractivity contribution < 1.29 is 9.15 Å². The van der Waals surface area contributed by atoms with Gasteiger partial charge in [0.2, 0.25) is 0 Å². The summed E-state index contributed by atoms with van der Waals surface area (Å²) in [6.45, 7) is 6.94. The van der Waals surface area contributed by atoms with Gasteiger partial charge in [-0.2, -0.15) is 0 Å². The summed E-state index contributed by atoms with van der Waals surface area (Å²) in [7, 11) is 1.94. The molecule has 2 rings (SSSR count). The number of likely N-dealkylation sites (N-methyl/N-ethyl adjacent to an activating group) is 1. The van der Waals surface area contributed by atoms with Crippen molar-refractivity contribution >= 4 is 0 Å². The zero-order valence-corrected chi connectivity index (χ0v) is 11.4. The summed E-state index contributed by atoms with van der Waals surface area (Å²) in [5.74, 6) is 1.04. The Morgan fingerprint density at radius 2 is 2.39 bits per heavy atom. The van der Waals surface area contributed by atoms with Gasteiger partial charge in [0.05, 0.1) is 18.9 Å². The molecule has 0 spiro atoms. The van der Waals surface area contributed by atoms with Crippen LogP contribution in [0.15, 0.2) is 16.7 Å². The fourth-order valence-electron chi connectivity index (χ4n) is 2.45. The third kappa shape index (κ3) is 3.57. The van der Waals surface area contributed by atoms with Crippen molar-refractivity contribution in [3.05, 3.63) is 23.7 Å². The Hall–Kier alpha value is -0.840. The zero-order chi connectivity index (χ0) is 12.8. The molecule has 1 fully saturated rings. The minimum Gasteiger partial charge on any atom is -0.468 e. The maximum Gasteiger partial charge on any atom is 0.122 e. The Labute approximate surface area is 109 Å². The number of nitrogens with zero attached hydrogens (tertiary/aromatic N) is 1. The minimum absolute atomic E-state index is 0.421. The van der Waals surface area contributed by atoms with E-state index in [-0.39, 0.29) is 0 Å². The molecular formula is C14H24N2O2. The topological polar surface area (TPSA) is 37.6 Å². The van der Waals surface area contributed by atoms with Gasteiger partial charge in [0.1, 0.15) is 5.76 Å². The number of rotatable bonds is 7. The lowest BCUT2D eigenvalue weighted by molar-refractivity contribution is 0.0723. The molecule has 2 heterocycles. The maximum atomic E-state index is 5.70. The second-order valence-electron chi connectivity index (χ2n) is 4.86. The average Bonchev–Trinajstić information content (AvgIpc) is 3.01. The van der Waals surface area contributed by atoms with Crippen molar-refractivity contribution in [3.63, 3.8) is 0 Å². The molecule has 1 atom stereocenters. The van der Waals surface area contributed by atoms with Crippen LogP contribution >= 0.6 is 0 Å². The predicted molar refractivity (Wildman–Crippen MR) is 71.4 cm³/mol. The Kier molecular flexibility index (Phi) is 5.23. The quantitative estimate of drug-likeness (QED) is 0.805. The van der Waals surface area contributed by atoms with Crippen LogP contribution in [0.4, 0.5) is 0 Å². The Morgan fingerprint density at radius 3 is 3.06 bits per heavy atom. The molecule has 4 nitrogen and oxygen atoms in total. The van der Waals surface area contributed by atoms with E-state index in [4.69, 9.17) is 9.15 Å². The molecule has 1 saturated heterocycles. The molecule has 0 aromatic carbocycles. The molecule has 1 aromatic heterocycles. The highest BCUT2D eigenvalue weighted by Gasteiger charge is 2.19. The van der Waals surface area contributed by atoms with Gasteiger partial charge in [0, 0.05) is 25.3 Å². The first-order valence-electron chi connectivity index (χ1n) is 6.87. The van der Waals surface area contributed by atoms with Crippen LogP contribution in [-0.2, 0) is 17.8 Å². The third-order valence-corrected chi connectivity index (χ3v) is 3.50. The first-order chi connectivity index (χ1) is 8.83. The Morgan fingerprint density at radius 1 is 1.50 bits per heavy atom. The molecule has 4 heteroatoms. The van der Waals surface area contributed by atoms with Crippen molar-refractivity contribution in [3.8, 4) is 0 Å². The molecule has 0 bridgehead atoms. The summed E-state index contributed by atoms with van der Waals surface area (Å²) in [6.07, 6.45) is 4.61. The number of furan rings is 1. The van der Waals surface area contributed by atoms with E-state index in [1.54, 1.807) is 6.26 Å². The lowest BCUT2D eigenvalue weighted by Crippen LogP contribution is -2.31. The van der Waals surface area contributed by atoms with Gasteiger partial charge in [-0.3, -0.25) is 4.90 Å². The van der Waals surface area contributed by atoms with Gasteiger partial charge in [0.15, 0.2) is 0 Å². The van der Waals surface area contributed by atoms with E-state index in [2.05, 4.69) is 23.2 Å². The normalized spacial score (nSPS) is 19.8. The van der Waals surface area contributed by atoms with E-state index in [1.807, 2.05) is 7.05 Å². The van der Waals surface area contributed by atoms with Crippen LogP contribution in [0.1, 0.15) is 31.1 Å². The van der Waals surface area contributed by atoms with Crippen molar-refractivity contribution in [2.24, 2.45) is 0 Å². The number of hydrogen-bond donors (Lipinski definition) is 1. The highest BCUT2D eigenvalue weighted by Crippen LogP contribution is 2.17. The van der Waals surface area contributed by atoms with E-state index in [1.165, 1.54) is 18.4 Å². The van der Waals surface area contributed by atoms with E-state index < -0.39 is 0 Å². The lowest BCUT2D eigenvalue weighted by Gasteiger charge is -2.23. The van der Waals surface area contributed by atoms with Gasteiger partial charge >= 0.3 is 0 Å². The summed E-state index contributed by atoms with van der Waals surface area (Å²) in [6, 6.07) is 2.07. The average molecular weight is 252 g/mol. The molecule has 1 N–H and O–H groups in total. The molecule has 0 saturated carbocycles. The number of nitrogens with one attached hydrogen (secondary N) is 1. The summed E-state index contributed by atoms with van der Waals surface area (Å²) in [4.78, 5) is 2.43. The van der Waals surface area contributed by atoms with Crippen molar-refractivity contribution in [2.45, 2.75) is 39.0 Å². The first kappa shape index (κ1) is 13.6. The molecule has 102 valence electrons. The minimum atomic E-state index is 0.421. The van der Waals surface area contributed by atoms with Crippen LogP contribution < -0.4 is 5.32 Å². The van der Waals surface area contributed by atoms with Crippen molar-refractivity contribution in [1.29, 1.82) is 0 Å². The smallest absolute Gasteiger partial charge is 0.122 e. The molecule has 18 heavy (non-hydrogen) atoms. The monoisotopic (exact) mass is 252 g/mol. The highest BCUT2D eigenvalue weighted by molar-refractivity contribution is 5.16. The predicted octanol–water partition coefficient (Wildman–Crippen LogP) is 2.00. The Bertz CT molecular complexity index is 345. The van der Waals surface area contributed by atoms with Gasteiger partial charge < -0.3 is 14.5 Å². The summed E-state index contributed by atoms with van der Waals surface area (Å²) >= 11 is 0. The molecular weight excluding hydrogens is 228 g/mol. The van der Waals surface area contributed by atoms with Crippen LogP contribution in [-0.4, -0.2) is 37.7 Å². The van der Waals surface area contributed by atoms with Crippen LogP contribution in [0.3, 0.4) is 0 Å². The molecule has 1 unspecified atom stereocenters. The van der Waals surface area contributed by atoms with Gasteiger partial charge in [0.25, 0.3) is 0 Å². The standard InChI is InChI=1S/C14H24N2O2/c1-3-16(11-13-5-4-7-17-13)10-12-6-8-18-14(12)9-15-2/h6,8,13,15H,3-5,7,9-11H2,1-2H3. The van der Waals surface area contributed by atoms with E-state index >= 15 is 0 Å². The van der Waals surface area contributed by atoms with Gasteiger partial charge in [-0.15, -0.1) is 0 Å². The second kappa shape index (κ2) is 6.92. The van der Waals surface area contributed by atoms with Crippen molar-refractivity contribution in [1.82, 2.24) is 10.2 Å². The maximum absolute atomic E-state index is 5.70. The first-order valence-corrected chi connectivity index (χ1v) is 6.87. The third-order valence-electron chi connectivity index (χ3n) is 3.50. The molecule has 0 aliphatic carbocycles. The van der Waals surface area contributed by atoms with E-state index in [0.717, 1.165) is 38.5 Å². The zero-order valence-electron chi connectivity index (χ0n) is 11.4. The fourth-order valence-corrected chi connectivity index (χ4v) is 2.45. The summed E-state index contributed by atoms with van der Waals surface area (Å²) in [5, 5.41) is 3.14. The largest absolute Gasteiger partial charge is 0.468 e. The Balaban J connectivity index is 1.89. The van der Waals surface area contributed by atoms with Gasteiger partial charge in [-0.25, -0.2) is 0 Å². The molecule has 1 aliphatic rings. The highest BCUT2D eigenvalue weighted by atomic mass is 16.5. The van der Waals surface area contributed by atoms with Crippen LogP contribution in [0.2, 0.25) is 0 Å². The summed E-state index contributed by atoms with van der Waals surface area (Å²) in [5.41, 5.74) is 1.28. The fraction of sp³-hybridized carbons (Fsp3) is 0.714. The van der Waals surface area contributed by atoms with E-state index in [0.29, 0.717) is 6.10 Å². The van der Waals surface area contributed by atoms with Crippen LogP contribution in [0.5, 0.6) is 0 Å². The number of hydrogen-bond acceptors (Lipinski definition) is 4.